The van der Waals surface area contributed by atoms with Crippen LogP contribution in [-0.2, 0) is 30.2 Å². The van der Waals surface area contributed by atoms with Crippen LogP contribution in [-0.4, -0.2) is 124 Å². The van der Waals surface area contributed by atoms with Gasteiger partial charge in [-0.15, -0.1) is 0 Å². The predicted molar refractivity (Wildman–Crippen MR) is 270 cm³/mol. The molecule has 68 heavy (non-hydrogen) atoms. The lowest BCUT2D eigenvalue weighted by molar-refractivity contribution is 0.122. The van der Waals surface area contributed by atoms with Crippen LogP contribution < -0.4 is 54.5 Å². The molecule has 0 saturated carbocycles. The van der Waals surface area contributed by atoms with E-state index in [0.717, 1.165) is 118 Å². The fourth-order valence-electron chi connectivity index (χ4n) is 9.26. The zero-order valence-corrected chi connectivity index (χ0v) is 40.5. The number of hydrogen-bond acceptors (Lipinski definition) is 18. The molecule has 4 aromatic carbocycles. The van der Waals surface area contributed by atoms with Crippen molar-refractivity contribution in [2.75, 3.05) is 124 Å². The van der Waals surface area contributed by atoms with Crippen LogP contribution in [0.1, 0.15) is 22.3 Å². The van der Waals surface area contributed by atoms with Crippen LogP contribution >= 0.6 is 16.8 Å². The Bertz CT molecular complexity index is 2520. The fraction of sp³-hybridized carbons (Fsp3) is 0.375. The van der Waals surface area contributed by atoms with E-state index in [9.17, 15) is 19.6 Å². The lowest BCUT2D eigenvalue weighted by Gasteiger charge is -2.30. The number of morpholine rings is 1. The van der Waals surface area contributed by atoms with Gasteiger partial charge in [-0.1, -0.05) is 48.5 Å². The molecule has 0 bridgehead atoms. The zero-order chi connectivity index (χ0) is 47.3. The molecule has 4 aliphatic heterocycles. The van der Waals surface area contributed by atoms with Gasteiger partial charge in [0.25, 0.3) is 0 Å². The number of rotatable bonds is 14. The lowest BCUT2D eigenvalue weighted by atomic mass is 10.1. The van der Waals surface area contributed by atoms with E-state index in [0.29, 0.717) is 62.6 Å². The number of fused-ring (bicyclic) bond motifs is 6. The van der Waals surface area contributed by atoms with Crippen molar-refractivity contribution in [2.24, 2.45) is 0 Å². The number of pyridine rings is 2. The summed E-state index contributed by atoms with van der Waals surface area (Å²) < 4.78 is 27.9. The van der Waals surface area contributed by atoms with Crippen molar-refractivity contribution in [1.29, 1.82) is 0 Å². The van der Waals surface area contributed by atoms with Gasteiger partial charge in [0, 0.05) is 87.6 Å². The van der Waals surface area contributed by atoms with Gasteiger partial charge in [0.05, 0.1) is 77.4 Å². The first-order valence-electron chi connectivity index (χ1n) is 22.6. The Balaban J connectivity index is 0.000000170. The minimum Gasteiger partial charge on any atom is -0.493 e. The highest BCUT2D eigenvalue weighted by Gasteiger charge is 2.32. The molecular formula is C48H59N9O9P2. The second-order valence-corrected chi connectivity index (χ2v) is 19.0. The summed E-state index contributed by atoms with van der Waals surface area (Å²) in [6.45, 7) is 9.34. The molecule has 0 aliphatic carbocycles. The van der Waals surface area contributed by atoms with Crippen LogP contribution in [0.5, 0.6) is 23.0 Å². The smallest absolute Gasteiger partial charge is 0.169 e. The quantitative estimate of drug-likeness (QED) is 0.0615. The van der Waals surface area contributed by atoms with Crippen molar-refractivity contribution in [3.8, 4) is 23.0 Å². The number of hydrogen-bond donors (Lipinski definition) is 7. The van der Waals surface area contributed by atoms with E-state index in [4.69, 9.17) is 33.7 Å². The number of piperazine rings is 1. The van der Waals surface area contributed by atoms with Crippen LogP contribution in [0.25, 0.3) is 21.8 Å². The first-order chi connectivity index (χ1) is 33.1. The summed E-state index contributed by atoms with van der Waals surface area (Å²) in [5, 5.41) is 12.6. The van der Waals surface area contributed by atoms with Crippen LogP contribution in [0.2, 0.25) is 0 Å². The highest BCUT2D eigenvalue weighted by Crippen LogP contribution is 2.49. The molecule has 0 spiro atoms. The molecule has 6 aromatic rings. The summed E-state index contributed by atoms with van der Waals surface area (Å²) in [6, 6.07) is 23.9. The van der Waals surface area contributed by atoms with Crippen LogP contribution in [0, 0.1) is 0 Å². The molecular weight excluding hydrogens is 909 g/mol. The van der Waals surface area contributed by atoms with Gasteiger partial charge in [-0.3, -0.25) is 0 Å². The third-order valence-corrected chi connectivity index (χ3v) is 13.9. The van der Waals surface area contributed by atoms with E-state index in [1.807, 2.05) is 60.7 Å². The largest absolute Gasteiger partial charge is 0.493 e. The van der Waals surface area contributed by atoms with Crippen molar-refractivity contribution >= 4 is 72.9 Å². The molecule has 0 radical (unpaired) electrons. The highest BCUT2D eigenvalue weighted by molar-refractivity contribution is 7.44. The summed E-state index contributed by atoms with van der Waals surface area (Å²) in [4.78, 5) is 56.5. The van der Waals surface area contributed by atoms with E-state index < -0.39 is 16.8 Å². The molecule has 360 valence electrons. The maximum atomic E-state index is 9.30. The van der Waals surface area contributed by atoms with E-state index >= 15 is 0 Å². The third-order valence-electron chi connectivity index (χ3n) is 12.6. The molecule has 7 N–H and O–H groups in total. The SMILES string of the molecule is COc1cc2nc(N3CCNCC3)c3c(c2cc1OC)N(Cc1ccc(CP(O)O)cc1)CN3.COc1cc2nc(N3CCOCC3)c3c(c2cc1OC)N(Cc1ccc(CP(O)O)cc1)CN3. The Hall–Kier alpha value is -5.68. The topological polar surface area (TPSA) is 202 Å². The minimum absolute atomic E-state index is 0.282. The molecule has 2 saturated heterocycles. The monoisotopic (exact) mass is 967 g/mol. The number of ether oxygens (including phenoxy) is 5. The number of nitrogens with zero attached hydrogens (tertiary/aromatic N) is 6. The molecule has 0 amide bonds. The average molecular weight is 968 g/mol. The van der Waals surface area contributed by atoms with Gasteiger partial charge in [0.2, 0.25) is 0 Å². The molecule has 2 aromatic heterocycles. The molecule has 0 unspecified atom stereocenters. The molecule has 2 fully saturated rings. The molecule has 4 aliphatic rings. The Morgan fingerprint density at radius 2 is 0.926 bits per heavy atom. The van der Waals surface area contributed by atoms with Crippen molar-refractivity contribution in [1.82, 2.24) is 15.3 Å². The summed E-state index contributed by atoms with van der Waals surface area (Å²) in [6.07, 6.45) is 0.570. The number of aromatic nitrogens is 2. The Morgan fingerprint density at radius 1 is 0.544 bits per heavy atom. The molecule has 0 atom stereocenters. The van der Waals surface area contributed by atoms with E-state index in [1.54, 1.807) is 28.4 Å². The van der Waals surface area contributed by atoms with Gasteiger partial charge in [-0.05, 0) is 34.4 Å². The first-order valence-corrected chi connectivity index (χ1v) is 25.4. The van der Waals surface area contributed by atoms with Gasteiger partial charge in [0.1, 0.15) is 11.4 Å². The van der Waals surface area contributed by atoms with Gasteiger partial charge < -0.3 is 78.8 Å². The van der Waals surface area contributed by atoms with Crippen molar-refractivity contribution in [3.63, 3.8) is 0 Å². The molecule has 10 rings (SSSR count). The summed E-state index contributed by atoms with van der Waals surface area (Å²) >= 11 is 0. The number of methoxy groups -OCH3 is 4. The predicted octanol–water partition coefficient (Wildman–Crippen LogP) is 6.12. The highest BCUT2D eigenvalue weighted by atomic mass is 31.2. The molecule has 18 nitrogen and oxygen atoms in total. The van der Waals surface area contributed by atoms with Crippen molar-refractivity contribution in [2.45, 2.75) is 25.4 Å². The Morgan fingerprint density at radius 3 is 1.32 bits per heavy atom. The zero-order valence-electron chi connectivity index (χ0n) is 38.7. The molecule has 20 heteroatoms. The maximum Gasteiger partial charge on any atom is 0.169 e. The van der Waals surface area contributed by atoms with Crippen LogP contribution in [0.15, 0.2) is 72.8 Å². The lowest BCUT2D eigenvalue weighted by Crippen LogP contribution is -2.44. The van der Waals surface area contributed by atoms with Gasteiger partial charge in [0.15, 0.2) is 51.4 Å². The normalized spacial score (nSPS) is 15.6. The summed E-state index contributed by atoms with van der Waals surface area (Å²) in [5.41, 5.74) is 10.1. The van der Waals surface area contributed by atoms with Crippen LogP contribution in [0.3, 0.4) is 0 Å². The van der Waals surface area contributed by atoms with E-state index in [2.05, 4.69) is 47.7 Å². The first kappa shape index (κ1) is 47.4. The van der Waals surface area contributed by atoms with Crippen molar-refractivity contribution in [3.05, 3.63) is 95.1 Å². The summed E-state index contributed by atoms with van der Waals surface area (Å²) in [5.74, 6) is 4.54. The number of anilines is 6. The number of benzene rings is 4. The van der Waals surface area contributed by atoms with E-state index in [-0.39, 0.29) is 12.3 Å². The Labute approximate surface area is 398 Å². The van der Waals surface area contributed by atoms with Gasteiger partial charge >= 0.3 is 0 Å². The third kappa shape index (κ3) is 10.2. The Kier molecular flexibility index (Phi) is 14.9. The second kappa shape index (κ2) is 21.3. The van der Waals surface area contributed by atoms with Crippen molar-refractivity contribution < 1.29 is 43.3 Å². The summed E-state index contributed by atoms with van der Waals surface area (Å²) in [7, 11) is 2.69. The molecule has 6 heterocycles. The van der Waals surface area contributed by atoms with Crippen LogP contribution in [0.4, 0.5) is 34.4 Å². The van der Waals surface area contributed by atoms with Gasteiger partial charge in [-0.25, -0.2) is 9.97 Å². The average Bonchev–Trinajstić information content (AvgIpc) is 3.99. The number of nitrogens with one attached hydrogen (secondary N) is 3. The second-order valence-electron chi connectivity index (χ2n) is 16.9. The fourth-order valence-corrected chi connectivity index (χ4v) is 10.3. The van der Waals surface area contributed by atoms with E-state index in [1.165, 1.54) is 0 Å². The standard InChI is InChI=1S/C24H30N5O4P.C24H29N4O5P/c1-32-20-11-18-19(12-21(20)33-2)27-24(28-9-7-25-8-10-28)22-23(18)29(15-26-22)13-16-3-5-17(6-4-16)14-34(30)31;1-31-20-11-18-19(12-21(20)32-2)26-24(27-7-9-33-10-8-27)22-23(18)28(15-25-22)13-16-3-5-17(6-4-16)14-34(29)30/h3-6,11-12,25-26,30-31H,7-10,13-15H2,1-2H3;3-6,11-12,25,29-30H,7-10,13-15H2,1-2H3. The maximum absolute atomic E-state index is 9.30. The minimum atomic E-state index is -1.94. The van der Waals surface area contributed by atoms with Gasteiger partial charge in [-0.2, -0.15) is 0 Å².